The van der Waals surface area contributed by atoms with Gasteiger partial charge in [0.2, 0.25) is 0 Å². The normalized spacial score (nSPS) is 19.3. The Balaban J connectivity index is 1.41. The third-order valence-electron chi connectivity index (χ3n) is 8.81. The monoisotopic (exact) mass is 687 g/mol. The number of hydrogen-bond acceptors (Lipinski definition) is 13. The highest BCUT2D eigenvalue weighted by atomic mass is 16.7. The Morgan fingerprint density at radius 1 is 0.840 bits per heavy atom. The zero-order valence-electron chi connectivity index (χ0n) is 28.2. The van der Waals surface area contributed by atoms with Gasteiger partial charge in [-0.25, -0.2) is 15.0 Å². The molecule has 1 fully saturated rings. The van der Waals surface area contributed by atoms with Crippen molar-refractivity contribution in [1.29, 1.82) is 0 Å². The van der Waals surface area contributed by atoms with Crippen molar-refractivity contribution in [2.45, 2.75) is 36.4 Å². The van der Waals surface area contributed by atoms with E-state index in [1.54, 1.807) is 25.1 Å². The quantitative estimate of drug-likeness (QED) is 0.0787. The van der Waals surface area contributed by atoms with Gasteiger partial charge in [0, 0.05) is 14.2 Å². The summed E-state index contributed by atoms with van der Waals surface area (Å²) in [6, 6.07) is 25.7. The number of nitrogens with zero attached hydrogens (tertiary/aromatic N) is 4. The lowest BCUT2D eigenvalue weighted by Crippen LogP contribution is -2.38. The minimum atomic E-state index is -1.16. The van der Waals surface area contributed by atoms with Crippen LogP contribution in [0.1, 0.15) is 22.9 Å². The summed E-state index contributed by atoms with van der Waals surface area (Å²) in [4.78, 5) is 14.0. The first-order valence-electron chi connectivity index (χ1n) is 16.0. The Morgan fingerprint density at radius 2 is 1.46 bits per heavy atom. The maximum Gasteiger partial charge on any atom is 0.180 e. The first-order valence-corrected chi connectivity index (χ1v) is 16.0. The van der Waals surface area contributed by atoms with Gasteiger partial charge in [-0.05, 0) is 41.0 Å². The summed E-state index contributed by atoms with van der Waals surface area (Å²) < 4.78 is 40.5. The fourth-order valence-corrected chi connectivity index (χ4v) is 6.17. The van der Waals surface area contributed by atoms with Gasteiger partial charge < -0.3 is 48.7 Å². The molecule has 4 atom stereocenters. The van der Waals surface area contributed by atoms with Crippen LogP contribution in [0.5, 0.6) is 11.5 Å². The van der Waals surface area contributed by atoms with Gasteiger partial charge in [0.25, 0.3) is 0 Å². The molecule has 0 bridgehead atoms. The molecule has 50 heavy (non-hydrogen) atoms. The smallest absolute Gasteiger partial charge is 0.180 e. The van der Waals surface area contributed by atoms with E-state index in [1.807, 2.05) is 78.9 Å². The number of benzene rings is 3. The zero-order chi connectivity index (χ0) is 35.1. The van der Waals surface area contributed by atoms with Crippen LogP contribution in [-0.2, 0) is 29.2 Å². The standard InChI is InChI=1S/C36H41N5O9/c1-44-26-14-10-24(11-15-26)36(23-8-6-5-7-9-23,25-12-16-27(45-2)17-13-25)40-33-30-34(38-20-37-33)41(21-39-30)35-32(31(43)28(18-42)50-35)49-22-48-19-29(46-3)47-4/h5-17,20-21,28-29,31-32,35,42-43H,18-19,22H2,1-4H3,(H,37,38,40)/t28-,31-,32-,35-/m1/s1. The van der Waals surface area contributed by atoms with Crippen molar-refractivity contribution < 1.29 is 43.4 Å². The summed E-state index contributed by atoms with van der Waals surface area (Å²) in [5.74, 6) is 1.87. The largest absolute Gasteiger partial charge is 0.497 e. The topological polar surface area (TPSA) is 161 Å². The average Bonchev–Trinajstić information content (AvgIpc) is 3.75. The summed E-state index contributed by atoms with van der Waals surface area (Å²) in [5, 5.41) is 24.8. The van der Waals surface area contributed by atoms with Gasteiger partial charge in [-0.2, -0.15) is 0 Å². The van der Waals surface area contributed by atoms with Crippen LogP contribution >= 0.6 is 0 Å². The van der Waals surface area contributed by atoms with Gasteiger partial charge in [0.15, 0.2) is 29.5 Å². The van der Waals surface area contributed by atoms with Crippen molar-refractivity contribution in [3.8, 4) is 11.5 Å². The first kappa shape index (κ1) is 35.2. The molecule has 3 heterocycles. The third kappa shape index (κ3) is 6.87. The fraction of sp³-hybridized carbons (Fsp3) is 0.361. The number of anilines is 1. The molecular weight excluding hydrogens is 646 g/mol. The van der Waals surface area contributed by atoms with Crippen LogP contribution in [0.3, 0.4) is 0 Å². The van der Waals surface area contributed by atoms with E-state index in [9.17, 15) is 10.2 Å². The molecule has 0 unspecified atom stereocenters. The summed E-state index contributed by atoms with van der Waals surface area (Å²) in [6.07, 6.45) is -1.50. The second-order valence-corrected chi connectivity index (χ2v) is 11.5. The minimum absolute atomic E-state index is 0.104. The van der Waals surface area contributed by atoms with Crippen LogP contribution in [0.15, 0.2) is 91.5 Å². The molecule has 0 saturated carbocycles. The molecule has 2 aromatic heterocycles. The van der Waals surface area contributed by atoms with Gasteiger partial charge >= 0.3 is 0 Å². The third-order valence-corrected chi connectivity index (χ3v) is 8.81. The van der Waals surface area contributed by atoms with Crippen LogP contribution in [0.4, 0.5) is 5.82 Å². The van der Waals surface area contributed by atoms with E-state index >= 15 is 0 Å². The Bertz CT molecular complexity index is 1760. The highest BCUT2D eigenvalue weighted by Crippen LogP contribution is 2.42. The molecule has 14 heteroatoms. The van der Waals surface area contributed by atoms with E-state index in [0.717, 1.165) is 16.7 Å². The molecule has 1 aliphatic rings. The summed E-state index contributed by atoms with van der Waals surface area (Å²) in [6.45, 7) is -0.515. The van der Waals surface area contributed by atoms with E-state index in [4.69, 9.17) is 38.1 Å². The maximum atomic E-state index is 11.0. The van der Waals surface area contributed by atoms with E-state index in [-0.39, 0.29) is 13.4 Å². The number of ether oxygens (including phenoxy) is 7. The Labute approximate surface area is 289 Å². The summed E-state index contributed by atoms with van der Waals surface area (Å²) in [5.41, 5.74) is 2.64. The number of aliphatic hydroxyl groups is 2. The van der Waals surface area contributed by atoms with Crippen LogP contribution in [0.2, 0.25) is 0 Å². The molecule has 0 spiro atoms. The summed E-state index contributed by atoms with van der Waals surface area (Å²) in [7, 11) is 6.26. The predicted molar refractivity (Wildman–Crippen MR) is 182 cm³/mol. The van der Waals surface area contributed by atoms with Crippen LogP contribution in [0.25, 0.3) is 11.2 Å². The number of nitrogens with one attached hydrogen (secondary N) is 1. The van der Waals surface area contributed by atoms with Gasteiger partial charge in [-0.3, -0.25) is 4.57 Å². The number of methoxy groups -OCH3 is 4. The lowest BCUT2D eigenvalue weighted by Gasteiger charge is -2.37. The molecule has 1 aliphatic heterocycles. The van der Waals surface area contributed by atoms with Crippen LogP contribution < -0.4 is 14.8 Å². The molecule has 6 rings (SSSR count). The second-order valence-electron chi connectivity index (χ2n) is 11.5. The maximum absolute atomic E-state index is 11.0. The Hall–Kier alpha value is -4.67. The molecule has 264 valence electrons. The van der Waals surface area contributed by atoms with Crippen molar-refractivity contribution in [2.24, 2.45) is 0 Å². The van der Waals surface area contributed by atoms with Gasteiger partial charge in [-0.15, -0.1) is 0 Å². The van der Waals surface area contributed by atoms with E-state index < -0.39 is 43.0 Å². The number of aliphatic hydroxyl groups excluding tert-OH is 2. The van der Waals surface area contributed by atoms with E-state index in [1.165, 1.54) is 20.5 Å². The van der Waals surface area contributed by atoms with Crippen LogP contribution in [-0.4, -0.2) is 103 Å². The zero-order valence-corrected chi connectivity index (χ0v) is 28.2. The first-order chi connectivity index (χ1) is 24.5. The number of rotatable bonds is 16. The molecule has 1 saturated heterocycles. The van der Waals surface area contributed by atoms with Crippen molar-refractivity contribution >= 4 is 17.0 Å². The molecular formula is C36H41N5O9. The minimum Gasteiger partial charge on any atom is -0.497 e. The Kier molecular flexibility index (Phi) is 11.2. The molecule has 0 radical (unpaired) electrons. The van der Waals surface area contributed by atoms with E-state index in [0.29, 0.717) is 28.5 Å². The van der Waals surface area contributed by atoms with Crippen molar-refractivity contribution in [2.75, 3.05) is 53.8 Å². The second kappa shape index (κ2) is 15.9. The molecule has 3 N–H and O–H groups in total. The van der Waals surface area contributed by atoms with Crippen molar-refractivity contribution in [3.63, 3.8) is 0 Å². The lowest BCUT2D eigenvalue weighted by atomic mass is 9.77. The fourth-order valence-electron chi connectivity index (χ4n) is 6.17. The van der Waals surface area contributed by atoms with Gasteiger partial charge in [0.1, 0.15) is 55.1 Å². The molecule has 0 aliphatic carbocycles. The van der Waals surface area contributed by atoms with Gasteiger partial charge in [0.05, 0.1) is 27.2 Å². The Morgan fingerprint density at radius 3 is 2.04 bits per heavy atom. The molecule has 0 amide bonds. The average molecular weight is 688 g/mol. The van der Waals surface area contributed by atoms with Crippen LogP contribution in [0, 0.1) is 0 Å². The lowest BCUT2D eigenvalue weighted by molar-refractivity contribution is -0.187. The molecule has 5 aromatic rings. The SMILES string of the molecule is COc1ccc(C(Nc2ncnc3c2ncn3[C@@H]2O[C@H](CO)[C@@H](O)[C@H]2OCOCC(OC)OC)(c2ccccc2)c2ccc(OC)cc2)cc1. The van der Waals surface area contributed by atoms with E-state index in [2.05, 4.69) is 15.3 Å². The van der Waals surface area contributed by atoms with Crippen molar-refractivity contribution in [3.05, 3.63) is 108 Å². The predicted octanol–water partition coefficient (Wildman–Crippen LogP) is 3.48. The highest BCUT2D eigenvalue weighted by molar-refractivity contribution is 5.84. The summed E-state index contributed by atoms with van der Waals surface area (Å²) >= 11 is 0. The number of fused-ring (bicyclic) bond motifs is 1. The molecule has 3 aromatic carbocycles. The number of hydrogen-bond donors (Lipinski definition) is 3. The molecule has 14 nitrogen and oxygen atoms in total. The highest BCUT2D eigenvalue weighted by Gasteiger charge is 2.46. The van der Waals surface area contributed by atoms with Crippen molar-refractivity contribution in [1.82, 2.24) is 19.5 Å². The number of imidazole rings is 1. The number of aromatic nitrogens is 4. The van der Waals surface area contributed by atoms with Gasteiger partial charge in [-0.1, -0.05) is 54.6 Å².